The van der Waals surface area contributed by atoms with Crippen molar-refractivity contribution >= 4 is 23.0 Å². The lowest BCUT2D eigenvalue weighted by atomic mass is 9.81. The molecule has 13 heteroatoms. The molecule has 3 aliphatic rings. The summed E-state index contributed by atoms with van der Waals surface area (Å²) in [6.07, 6.45) is 2.43. The molecule has 6 N–H and O–H groups in total. The molecule has 1 amide bonds. The number of hydrogen-bond acceptors (Lipinski definition) is 11. The van der Waals surface area contributed by atoms with Gasteiger partial charge in [-0.1, -0.05) is 56.3 Å². The lowest BCUT2D eigenvalue weighted by molar-refractivity contribution is -0.401. The molecule has 0 bridgehead atoms. The molecule has 3 aliphatic heterocycles. The zero-order valence-electron chi connectivity index (χ0n) is 33.7. The summed E-state index contributed by atoms with van der Waals surface area (Å²) in [6, 6.07) is 17.3. The summed E-state index contributed by atoms with van der Waals surface area (Å²) in [5, 5.41) is 45.0. The maximum atomic E-state index is 12.6. The number of rotatable bonds is 21. The van der Waals surface area contributed by atoms with E-state index in [2.05, 4.69) is 122 Å². The molecule has 2 aromatic carbocycles. The number of unbranched alkanes of at least 4 members (excludes halogenated alkanes) is 1. The largest absolute Gasteiger partial charge is 0.394 e. The third-order valence-corrected chi connectivity index (χ3v) is 11.1. The van der Waals surface area contributed by atoms with E-state index in [1.807, 2.05) is 0 Å². The van der Waals surface area contributed by atoms with Crippen molar-refractivity contribution in [2.45, 2.75) is 88.5 Å². The highest BCUT2D eigenvalue weighted by Crippen LogP contribution is 2.48. The van der Waals surface area contributed by atoms with E-state index in [-0.39, 0.29) is 23.3 Å². The molecule has 0 radical (unpaired) electrons. The third-order valence-electron chi connectivity index (χ3n) is 11.1. The second-order valence-corrected chi connectivity index (χ2v) is 15.6. The maximum absolute atomic E-state index is 12.6. The number of amides is 1. The molecule has 13 nitrogen and oxygen atoms in total. The van der Waals surface area contributed by atoms with Gasteiger partial charge in [-0.05, 0) is 44.4 Å². The van der Waals surface area contributed by atoms with Crippen LogP contribution in [0.25, 0.3) is 0 Å². The van der Waals surface area contributed by atoms with E-state index in [1.54, 1.807) is 0 Å². The Morgan fingerprint density at radius 3 is 2.27 bits per heavy atom. The van der Waals surface area contributed by atoms with Gasteiger partial charge in [0, 0.05) is 67.1 Å². The van der Waals surface area contributed by atoms with Crippen LogP contribution in [0, 0.1) is 0 Å². The number of fused-ring (bicyclic) bond motifs is 2. The van der Waals surface area contributed by atoms with Gasteiger partial charge in [0.25, 0.3) is 0 Å². The van der Waals surface area contributed by atoms with Crippen LogP contribution in [0.2, 0.25) is 0 Å². The van der Waals surface area contributed by atoms with Gasteiger partial charge >= 0.3 is 0 Å². The Balaban J connectivity index is 0.943. The second-order valence-electron chi connectivity index (χ2n) is 15.6. The monoisotopic (exact) mass is 779 g/mol. The second kappa shape index (κ2) is 20.3. The molecule has 0 aromatic heterocycles. The normalized spacial score (nSPS) is 24.6. The lowest BCUT2D eigenvalue weighted by Gasteiger charge is -2.39. The van der Waals surface area contributed by atoms with E-state index >= 15 is 0 Å². The molecule has 5 rings (SSSR count). The Bertz CT molecular complexity index is 1690. The van der Waals surface area contributed by atoms with Crippen LogP contribution in [-0.4, -0.2) is 140 Å². The summed E-state index contributed by atoms with van der Waals surface area (Å²) >= 11 is 0. The first kappa shape index (κ1) is 43.6. The van der Waals surface area contributed by atoms with Crippen molar-refractivity contribution in [3.05, 3.63) is 83.6 Å². The standard InChI is InChI=1S/C43H62N4O9/c1-42(2)30-13-6-8-15-32(30)46(5)35(42)17-12-18-36-43(3,4)31-14-7-9-16-33(31)47(36)23-11-10-19-37(49)45-22-25-54-28-27-53-24-20-44-21-26-55-41-40(52)39(51)38(50)34(29-48)56-41/h6-9,12-18,34,38-41,44,48,50-52H,10-11,19-29H2,1-5H3/p+1/t34-,38-,39+,40-,41+/m1/s1. The number of nitrogens with one attached hydrogen (secondary N) is 2. The van der Waals surface area contributed by atoms with E-state index < -0.39 is 37.3 Å². The number of anilines is 1. The number of carbonyl (C=O) groups is 1. The average molecular weight is 780 g/mol. The number of carbonyl (C=O) groups excluding carboxylic acids is 1. The summed E-state index contributed by atoms with van der Waals surface area (Å²) in [4.78, 5) is 15.0. The van der Waals surface area contributed by atoms with Crippen LogP contribution in [0.15, 0.2) is 72.5 Å². The number of para-hydroxylation sites is 2. The molecule has 1 saturated heterocycles. The molecular weight excluding hydrogens is 716 g/mol. The lowest BCUT2D eigenvalue weighted by Crippen LogP contribution is -2.59. The minimum atomic E-state index is -1.46. The van der Waals surface area contributed by atoms with Gasteiger partial charge in [-0.3, -0.25) is 4.79 Å². The summed E-state index contributed by atoms with van der Waals surface area (Å²) in [5.41, 5.74) is 7.44. The molecule has 1 fully saturated rings. The Morgan fingerprint density at radius 1 is 0.857 bits per heavy atom. The minimum absolute atomic E-state index is 0.0219. The van der Waals surface area contributed by atoms with Crippen LogP contribution < -0.4 is 15.5 Å². The number of hydrogen-bond donors (Lipinski definition) is 6. The topological polar surface area (TPSA) is 165 Å². The molecule has 3 heterocycles. The van der Waals surface area contributed by atoms with Crippen molar-refractivity contribution in [3.63, 3.8) is 0 Å². The molecule has 0 saturated carbocycles. The summed E-state index contributed by atoms with van der Waals surface area (Å²) in [7, 11) is 2.15. The van der Waals surface area contributed by atoms with E-state index in [0.717, 1.165) is 19.4 Å². The van der Waals surface area contributed by atoms with Crippen molar-refractivity contribution in [3.8, 4) is 0 Å². The number of benzene rings is 2. The molecule has 308 valence electrons. The van der Waals surface area contributed by atoms with Gasteiger partial charge in [-0.2, -0.15) is 4.58 Å². The fourth-order valence-electron chi connectivity index (χ4n) is 7.86. The number of nitrogens with zero attached hydrogens (tertiary/aromatic N) is 2. The highest BCUT2D eigenvalue weighted by Gasteiger charge is 2.45. The highest BCUT2D eigenvalue weighted by molar-refractivity contribution is 6.03. The molecule has 56 heavy (non-hydrogen) atoms. The van der Waals surface area contributed by atoms with Crippen molar-refractivity contribution in [2.75, 3.05) is 77.8 Å². The molecule has 0 unspecified atom stereocenters. The summed E-state index contributed by atoms with van der Waals surface area (Å²) in [5.74, 6) is 0.0219. The SMILES string of the molecule is C[N+]1=C(/C=C/C=C2/N(CCCCC(=O)NCCOCCOCCNCCO[C@H]3O[C@H](CO)[C@@H](O)[C@H](O)[C@H]3O)c3ccccc3C2(C)C)C(C)(C)c2ccccc21. The number of ether oxygens (including phenoxy) is 4. The van der Waals surface area contributed by atoms with Gasteiger partial charge in [0.05, 0.1) is 45.1 Å². The van der Waals surface area contributed by atoms with Crippen molar-refractivity contribution in [2.24, 2.45) is 0 Å². The zero-order valence-corrected chi connectivity index (χ0v) is 33.7. The Morgan fingerprint density at radius 2 is 1.54 bits per heavy atom. The van der Waals surface area contributed by atoms with Gasteiger partial charge < -0.3 is 54.9 Å². The minimum Gasteiger partial charge on any atom is -0.394 e. The average Bonchev–Trinajstić information content (AvgIpc) is 3.52. The van der Waals surface area contributed by atoms with Crippen molar-refractivity contribution in [1.82, 2.24) is 10.6 Å². The van der Waals surface area contributed by atoms with E-state index in [0.29, 0.717) is 52.5 Å². The maximum Gasteiger partial charge on any atom is 0.220 e. The van der Waals surface area contributed by atoms with Gasteiger partial charge in [0.1, 0.15) is 31.5 Å². The number of aliphatic hydroxyl groups excluding tert-OH is 4. The van der Waals surface area contributed by atoms with Crippen LogP contribution >= 0.6 is 0 Å². The molecule has 0 spiro atoms. The first-order valence-corrected chi connectivity index (χ1v) is 19.9. The van der Waals surface area contributed by atoms with Crippen LogP contribution in [0.3, 0.4) is 0 Å². The first-order valence-electron chi connectivity index (χ1n) is 19.9. The smallest absolute Gasteiger partial charge is 0.220 e. The highest BCUT2D eigenvalue weighted by atomic mass is 16.7. The van der Waals surface area contributed by atoms with Gasteiger partial charge in [0.15, 0.2) is 12.0 Å². The van der Waals surface area contributed by atoms with E-state index in [4.69, 9.17) is 18.9 Å². The third kappa shape index (κ3) is 10.3. The predicted molar refractivity (Wildman–Crippen MR) is 215 cm³/mol. The fourth-order valence-corrected chi connectivity index (χ4v) is 7.86. The number of aliphatic hydroxyl groups is 4. The Labute approximate surface area is 331 Å². The Kier molecular flexibility index (Phi) is 15.8. The molecule has 0 aliphatic carbocycles. The van der Waals surface area contributed by atoms with Crippen molar-refractivity contribution in [1.29, 1.82) is 0 Å². The molecular formula is C43H63N4O9+. The summed E-state index contributed by atoms with van der Waals surface area (Å²) < 4.78 is 24.2. The van der Waals surface area contributed by atoms with Gasteiger partial charge in [-0.15, -0.1) is 0 Å². The Hall–Kier alpha value is -3.50. The zero-order chi connectivity index (χ0) is 40.3. The quantitative estimate of drug-likeness (QED) is 0.0816. The van der Waals surface area contributed by atoms with Gasteiger partial charge in [-0.25, -0.2) is 0 Å². The van der Waals surface area contributed by atoms with E-state index in [1.165, 1.54) is 33.9 Å². The van der Waals surface area contributed by atoms with Crippen LogP contribution in [0.1, 0.15) is 58.1 Å². The molecule has 2 aromatic rings. The van der Waals surface area contributed by atoms with Crippen LogP contribution in [0.4, 0.5) is 11.4 Å². The number of allylic oxidation sites excluding steroid dienone is 4. The summed E-state index contributed by atoms with van der Waals surface area (Å²) in [6.45, 7) is 12.8. The van der Waals surface area contributed by atoms with Crippen LogP contribution in [0.5, 0.6) is 0 Å². The fraction of sp³-hybridized carbons (Fsp3) is 0.581. The van der Waals surface area contributed by atoms with Crippen molar-refractivity contribution < 1.29 is 48.7 Å². The first-order chi connectivity index (χ1) is 26.9. The van der Waals surface area contributed by atoms with Gasteiger partial charge in [0.2, 0.25) is 11.6 Å². The van der Waals surface area contributed by atoms with Crippen LogP contribution in [-0.2, 0) is 34.6 Å². The van der Waals surface area contributed by atoms with E-state index in [9.17, 15) is 25.2 Å². The predicted octanol–water partition coefficient (Wildman–Crippen LogP) is 2.66. The molecule has 5 atom stereocenters.